The van der Waals surface area contributed by atoms with Crippen molar-refractivity contribution in [2.75, 3.05) is 26.2 Å². The van der Waals surface area contributed by atoms with Gasteiger partial charge in [-0.1, -0.05) is 12.1 Å². The molecule has 0 spiro atoms. The molecule has 2 heterocycles. The summed E-state index contributed by atoms with van der Waals surface area (Å²) < 4.78 is 8.11. The number of nitrogens with zero attached hydrogens (tertiary/aromatic N) is 2. The SMILES string of the molecule is CCn1c(-c2ccc(OCCCN3CCCC3)cc2)cc(=O)c2ccccc21. The molecule has 3 aromatic rings. The Bertz CT molecular complexity index is 986. The highest BCUT2D eigenvalue weighted by atomic mass is 16.5. The number of ether oxygens (including phenoxy) is 1. The van der Waals surface area contributed by atoms with Crippen LogP contribution in [0.25, 0.3) is 22.2 Å². The molecule has 0 unspecified atom stereocenters. The smallest absolute Gasteiger partial charge is 0.190 e. The first kappa shape index (κ1) is 18.8. The van der Waals surface area contributed by atoms with E-state index < -0.39 is 0 Å². The second-order valence-corrected chi connectivity index (χ2v) is 7.43. The third kappa shape index (κ3) is 3.97. The van der Waals surface area contributed by atoms with Crippen LogP contribution in [0.5, 0.6) is 5.75 Å². The van der Waals surface area contributed by atoms with Gasteiger partial charge in [-0.3, -0.25) is 4.79 Å². The number of aromatic nitrogens is 1. The molecule has 1 aliphatic heterocycles. The summed E-state index contributed by atoms with van der Waals surface area (Å²) in [5.74, 6) is 0.886. The standard InChI is InChI=1S/C24H28N2O2/c1-2-26-22-9-4-3-8-21(22)24(27)18-23(26)19-10-12-20(13-11-19)28-17-7-16-25-14-5-6-15-25/h3-4,8-13,18H,2,5-7,14-17H2,1H3. The second-order valence-electron chi connectivity index (χ2n) is 7.43. The fourth-order valence-corrected chi connectivity index (χ4v) is 4.11. The van der Waals surface area contributed by atoms with E-state index in [9.17, 15) is 4.79 Å². The van der Waals surface area contributed by atoms with Crippen LogP contribution >= 0.6 is 0 Å². The zero-order valence-electron chi connectivity index (χ0n) is 16.6. The molecule has 4 nitrogen and oxygen atoms in total. The number of para-hydroxylation sites is 1. The molecule has 0 N–H and O–H groups in total. The third-order valence-corrected chi connectivity index (χ3v) is 5.57. The van der Waals surface area contributed by atoms with E-state index in [1.807, 2.05) is 48.5 Å². The Morgan fingerprint density at radius 2 is 1.75 bits per heavy atom. The largest absolute Gasteiger partial charge is 0.494 e. The number of hydrogen-bond donors (Lipinski definition) is 0. The van der Waals surface area contributed by atoms with Crippen molar-refractivity contribution in [1.82, 2.24) is 9.47 Å². The van der Waals surface area contributed by atoms with Crippen LogP contribution in [-0.2, 0) is 6.54 Å². The normalized spacial score (nSPS) is 14.6. The zero-order chi connectivity index (χ0) is 19.3. The first-order valence-corrected chi connectivity index (χ1v) is 10.3. The summed E-state index contributed by atoms with van der Waals surface area (Å²) in [6, 6.07) is 17.7. The zero-order valence-corrected chi connectivity index (χ0v) is 16.6. The lowest BCUT2D eigenvalue weighted by atomic mass is 10.1. The fourth-order valence-electron chi connectivity index (χ4n) is 4.11. The molecule has 2 aromatic carbocycles. The van der Waals surface area contributed by atoms with Crippen LogP contribution in [0.4, 0.5) is 0 Å². The van der Waals surface area contributed by atoms with Gasteiger partial charge in [0.05, 0.1) is 17.8 Å². The van der Waals surface area contributed by atoms with E-state index >= 15 is 0 Å². The quantitative estimate of drug-likeness (QED) is 0.567. The maximum atomic E-state index is 12.5. The van der Waals surface area contributed by atoms with Gasteiger partial charge in [-0.2, -0.15) is 0 Å². The van der Waals surface area contributed by atoms with Crippen LogP contribution in [0.3, 0.4) is 0 Å². The minimum atomic E-state index is 0.0672. The number of benzene rings is 2. The third-order valence-electron chi connectivity index (χ3n) is 5.57. The molecule has 0 aliphatic carbocycles. The molecule has 28 heavy (non-hydrogen) atoms. The molecule has 0 radical (unpaired) electrons. The van der Waals surface area contributed by atoms with Crippen LogP contribution in [0.1, 0.15) is 26.2 Å². The number of rotatable bonds is 7. The topological polar surface area (TPSA) is 34.5 Å². The number of pyridine rings is 1. The number of aryl methyl sites for hydroxylation is 1. The molecule has 0 atom stereocenters. The highest BCUT2D eigenvalue weighted by Crippen LogP contribution is 2.25. The summed E-state index contributed by atoms with van der Waals surface area (Å²) >= 11 is 0. The van der Waals surface area contributed by atoms with Gasteiger partial charge in [-0.15, -0.1) is 0 Å². The molecule has 0 bridgehead atoms. The Morgan fingerprint density at radius 3 is 2.50 bits per heavy atom. The highest BCUT2D eigenvalue weighted by Gasteiger charge is 2.11. The van der Waals surface area contributed by atoms with E-state index in [0.29, 0.717) is 0 Å². The molecule has 146 valence electrons. The van der Waals surface area contributed by atoms with E-state index in [1.165, 1.54) is 25.9 Å². The molecule has 0 amide bonds. The van der Waals surface area contributed by atoms with Gasteiger partial charge in [-0.05, 0) is 81.2 Å². The van der Waals surface area contributed by atoms with Crippen LogP contribution in [-0.4, -0.2) is 35.7 Å². The van der Waals surface area contributed by atoms with Crippen LogP contribution < -0.4 is 10.2 Å². The molecule has 1 aliphatic rings. The Hall–Kier alpha value is -2.59. The Labute approximate surface area is 166 Å². The van der Waals surface area contributed by atoms with Crippen molar-refractivity contribution >= 4 is 10.9 Å². The molecule has 4 heteroatoms. The van der Waals surface area contributed by atoms with Crippen LogP contribution in [0.15, 0.2) is 59.4 Å². The Morgan fingerprint density at radius 1 is 1.00 bits per heavy atom. The predicted molar refractivity (Wildman–Crippen MR) is 115 cm³/mol. The van der Waals surface area contributed by atoms with Gasteiger partial charge in [0.15, 0.2) is 5.43 Å². The molecular formula is C24H28N2O2. The summed E-state index contributed by atoms with van der Waals surface area (Å²) in [5, 5.41) is 0.769. The van der Waals surface area contributed by atoms with E-state index in [1.54, 1.807) is 6.07 Å². The first-order chi connectivity index (χ1) is 13.8. The Balaban J connectivity index is 1.48. The number of likely N-dealkylation sites (tertiary alicyclic amines) is 1. The van der Waals surface area contributed by atoms with Gasteiger partial charge in [0, 0.05) is 24.5 Å². The average molecular weight is 376 g/mol. The van der Waals surface area contributed by atoms with E-state index in [0.717, 1.165) is 54.0 Å². The molecule has 1 aromatic heterocycles. The van der Waals surface area contributed by atoms with Crippen molar-refractivity contribution in [3.8, 4) is 17.0 Å². The lowest BCUT2D eigenvalue weighted by Gasteiger charge is -2.16. The van der Waals surface area contributed by atoms with Crippen molar-refractivity contribution in [2.24, 2.45) is 0 Å². The molecular weight excluding hydrogens is 348 g/mol. The lowest BCUT2D eigenvalue weighted by molar-refractivity contribution is 0.263. The summed E-state index contributed by atoms with van der Waals surface area (Å²) in [6.45, 7) is 7.26. The summed E-state index contributed by atoms with van der Waals surface area (Å²) in [7, 11) is 0. The average Bonchev–Trinajstić information content (AvgIpc) is 3.25. The van der Waals surface area contributed by atoms with Gasteiger partial charge in [0.2, 0.25) is 0 Å². The molecule has 1 fully saturated rings. The first-order valence-electron chi connectivity index (χ1n) is 10.3. The Kier molecular flexibility index (Phi) is 5.77. The molecule has 1 saturated heterocycles. The van der Waals surface area contributed by atoms with Crippen LogP contribution in [0, 0.1) is 0 Å². The summed E-state index contributed by atoms with van der Waals surface area (Å²) in [5.41, 5.74) is 3.04. The number of fused-ring (bicyclic) bond motifs is 1. The maximum absolute atomic E-state index is 12.5. The monoisotopic (exact) mass is 376 g/mol. The van der Waals surface area contributed by atoms with E-state index in [4.69, 9.17) is 4.74 Å². The summed E-state index contributed by atoms with van der Waals surface area (Å²) in [4.78, 5) is 15.1. The van der Waals surface area contributed by atoms with Crippen molar-refractivity contribution in [3.63, 3.8) is 0 Å². The maximum Gasteiger partial charge on any atom is 0.190 e. The molecule has 4 rings (SSSR count). The summed E-state index contributed by atoms with van der Waals surface area (Å²) in [6.07, 6.45) is 3.72. The van der Waals surface area contributed by atoms with Crippen molar-refractivity contribution < 1.29 is 4.74 Å². The van der Waals surface area contributed by atoms with Gasteiger partial charge >= 0.3 is 0 Å². The van der Waals surface area contributed by atoms with E-state index in [2.05, 4.69) is 16.4 Å². The van der Waals surface area contributed by atoms with Gasteiger partial charge in [-0.25, -0.2) is 0 Å². The predicted octanol–water partition coefficient (Wildman–Crippen LogP) is 4.55. The van der Waals surface area contributed by atoms with Crippen molar-refractivity contribution in [2.45, 2.75) is 32.7 Å². The second kappa shape index (κ2) is 8.61. The highest BCUT2D eigenvalue weighted by molar-refractivity contribution is 5.82. The minimum absolute atomic E-state index is 0.0672. The van der Waals surface area contributed by atoms with Gasteiger partial charge < -0.3 is 14.2 Å². The van der Waals surface area contributed by atoms with Crippen molar-refractivity contribution in [1.29, 1.82) is 0 Å². The van der Waals surface area contributed by atoms with E-state index in [-0.39, 0.29) is 5.43 Å². The van der Waals surface area contributed by atoms with Gasteiger partial charge in [0.1, 0.15) is 5.75 Å². The van der Waals surface area contributed by atoms with Crippen LogP contribution in [0.2, 0.25) is 0 Å². The minimum Gasteiger partial charge on any atom is -0.494 e. The van der Waals surface area contributed by atoms with Crippen molar-refractivity contribution in [3.05, 3.63) is 64.8 Å². The lowest BCUT2D eigenvalue weighted by Crippen LogP contribution is -2.21. The van der Waals surface area contributed by atoms with Gasteiger partial charge in [0.25, 0.3) is 0 Å². The fraction of sp³-hybridized carbons (Fsp3) is 0.375. The molecule has 0 saturated carbocycles. The number of hydrogen-bond acceptors (Lipinski definition) is 3.